The summed E-state index contributed by atoms with van der Waals surface area (Å²) in [5.41, 5.74) is 0. The van der Waals surface area contributed by atoms with Crippen LogP contribution < -0.4 is 0 Å². The van der Waals surface area contributed by atoms with Crippen LogP contribution in [0.15, 0.2) is 24.3 Å². The second-order valence-electron chi connectivity index (χ2n) is 2.88. The van der Waals surface area contributed by atoms with Gasteiger partial charge in [-0.2, -0.15) is 0 Å². The number of nitrogens with zero attached hydrogens (tertiary/aromatic N) is 1. The first-order chi connectivity index (χ1) is 5.29. The van der Waals surface area contributed by atoms with E-state index in [-0.39, 0.29) is 0 Å². The summed E-state index contributed by atoms with van der Waals surface area (Å²) in [5.74, 6) is 0. The van der Waals surface area contributed by atoms with Gasteiger partial charge in [-0.3, -0.25) is 0 Å². The third-order valence-electron chi connectivity index (χ3n) is 1.73. The van der Waals surface area contributed by atoms with Crippen molar-refractivity contribution in [2.24, 2.45) is 0 Å². The highest BCUT2D eigenvalue weighted by atomic mass is 127. The third-order valence-corrected chi connectivity index (χ3v) is 2.54. The summed E-state index contributed by atoms with van der Waals surface area (Å²) in [6.45, 7) is 2.34. The van der Waals surface area contributed by atoms with Crippen LogP contribution in [-0.4, -0.2) is 29.0 Å². The molecule has 0 aromatic heterocycles. The lowest BCUT2D eigenvalue weighted by atomic mass is 10.3. The Hall–Kier alpha value is 0.170. The Labute approximate surface area is 82.3 Å². The molecule has 1 rings (SSSR count). The van der Waals surface area contributed by atoms with Crippen molar-refractivity contribution in [3.05, 3.63) is 24.3 Å². The van der Waals surface area contributed by atoms with Crippen molar-refractivity contribution in [1.82, 2.24) is 4.90 Å². The van der Waals surface area contributed by atoms with Gasteiger partial charge in [0.2, 0.25) is 0 Å². The lowest BCUT2D eigenvalue weighted by Gasteiger charge is -2.16. The Bertz CT molecular complexity index is 163. The minimum atomic E-state index is 0.653. The Kier molecular flexibility index (Phi) is 4.15. The fraction of sp³-hybridized carbons (Fsp3) is 0.556. The average Bonchev–Trinajstić information content (AvgIpc) is 2.02. The van der Waals surface area contributed by atoms with Gasteiger partial charge in [-0.1, -0.05) is 46.9 Å². The minimum absolute atomic E-state index is 0.653. The molecular formula is C9H14IN. The molecule has 1 aliphatic rings. The number of halogens is 1. The SMILES string of the molecule is CN1CC/C=C\C=C/C(I)C1. The van der Waals surface area contributed by atoms with Gasteiger partial charge in [-0.25, -0.2) is 0 Å². The van der Waals surface area contributed by atoms with Crippen LogP contribution in [-0.2, 0) is 0 Å². The Morgan fingerprint density at radius 2 is 2.27 bits per heavy atom. The summed E-state index contributed by atoms with van der Waals surface area (Å²) in [6, 6.07) is 0. The van der Waals surface area contributed by atoms with E-state index in [1.807, 2.05) is 0 Å². The molecule has 1 unspecified atom stereocenters. The Morgan fingerprint density at radius 1 is 1.45 bits per heavy atom. The maximum atomic E-state index is 2.47. The van der Waals surface area contributed by atoms with Gasteiger partial charge in [-0.05, 0) is 13.5 Å². The molecule has 0 saturated carbocycles. The van der Waals surface area contributed by atoms with Crippen molar-refractivity contribution in [3.8, 4) is 0 Å². The molecule has 0 aromatic rings. The molecule has 0 N–H and O–H groups in total. The lowest BCUT2D eigenvalue weighted by molar-refractivity contribution is 0.354. The average molecular weight is 263 g/mol. The van der Waals surface area contributed by atoms with Gasteiger partial charge < -0.3 is 4.90 Å². The van der Waals surface area contributed by atoms with Crippen LogP contribution >= 0.6 is 22.6 Å². The fourth-order valence-electron chi connectivity index (χ4n) is 1.10. The summed E-state index contributed by atoms with van der Waals surface area (Å²) < 4.78 is 0.653. The highest BCUT2D eigenvalue weighted by Crippen LogP contribution is 2.06. The van der Waals surface area contributed by atoms with Gasteiger partial charge in [0.1, 0.15) is 0 Å². The molecule has 11 heavy (non-hydrogen) atoms. The molecule has 1 heterocycles. The van der Waals surface area contributed by atoms with E-state index in [0.717, 1.165) is 0 Å². The number of alkyl halides is 1. The van der Waals surface area contributed by atoms with Crippen molar-refractivity contribution in [2.75, 3.05) is 20.1 Å². The number of allylic oxidation sites excluding steroid dienone is 2. The lowest BCUT2D eigenvalue weighted by Crippen LogP contribution is -2.25. The van der Waals surface area contributed by atoms with Crippen LogP contribution in [0.1, 0.15) is 6.42 Å². The van der Waals surface area contributed by atoms with Crippen LogP contribution in [0, 0.1) is 0 Å². The first kappa shape index (κ1) is 9.26. The molecule has 2 heteroatoms. The summed E-state index contributed by atoms with van der Waals surface area (Å²) >= 11 is 2.47. The first-order valence-corrected chi connectivity index (χ1v) is 5.19. The molecule has 0 radical (unpaired) electrons. The van der Waals surface area contributed by atoms with Crippen LogP contribution in [0.3, 0.4) is 0 Å². The molecule has 1 atom stereocenters. The molecule has 1 aliphatic heterocycles. The second kappa shape index (κ2) is 4.93. The second-order valence-corrected chi connectivity index (χ2v) is 4.48. The normalized spacial score (nSPS) is 33.5. The van der Waals surface area contributed by atoms with Crippen molar-refractivity contribution in [2.45, 2.75) is 10.3 Å². The number of rotatable bonds is 0. The molecule has 0 spiro atoms. The fourth-order valence-corrected chi connectivity index (χ4v) is 2.02. The van der Waals surface area contributed by atoms with Crippen LogP contribution in [0.4, 0.5) is 0 Å². The van der Waals surface area contributed by atoms with Gasteiger partial charge in [0.15, 0.2) is 0 Å². The Morgan fingerprint density at radius 3 is 3.09 bits per heavy atom. The molecule has 1 nitrogen and oxygen atoms in total. The van der Waals surface area contributed by atoms with Gasteiger partial charge in [-0.15, -0.1) is 0 Å². The smallest absolute Gasteiger partial charge is 0.0419 e. The molecular weight excluding hydrogens is 249 g/mol. The molecule has 0 aliphatic carbocycles. The van der Waals surface area contributed by atoms with E-state index in [1.165, 1.54) is 19.5 Å². The van der Waals surface area contributed by atoms with Crippen molar-refractivity contribution >= 4 is 22.6 Å². The highest BCUT2D eigenvalue weighted by Gasteiger charge is 2.03. The highest BCUT2D eigenvalue weighted by molar-refractivity contribution is 14.1. The van der Waals surface area contributed by atoms with E-state index in [1.54, 1.807) is 0 Å². The quantitative estimate of drug-likeness (QED) is 0.478. The van der Waals surface area contributed by atoms with Crippen LogP contribution in [0.5, 0.6) is 0 Å². The van der Waals surface area contributed by atoms with Crippen molar-refractivity contribution in [1.29, 1.82) is 0 Å². The summed E-state index contributed by atoms with van der Waals surface area (Å²) in [7, 11) is 2.18. The van der Waals surface area contributed by atoms with E-state index in [9.17, 15) is 0 Å². The van der Waals surface area contributed by atoms with Gasteiger partial charge in [0.05, 0.1) is 0 Å². The Balaban J connectivity index is 2.49. The minimum Gasteiger partial charge on any atom is -0.305 e. The maximum absolute atomic E-state index is 2.47. The predicted molar refractivity (Wildman–Crippen MR) is 58.2 cm³/mol. The van der Waals surface area contributed by atoms with E-state index < -0.39 is 0 Å². The molecule has 0 amide bonds. The van der Waals surface area contributed by atoms with Crippen molar-refractivity contribution in [3.63, 3.8) is 0 Å². The van der Waals surface area contributed by atoms with Gasteiger partial charge in [0.25, 0.3) is 0 Å². The largest absolute Gasteiger partial charge is 0.305 e. The van der Waals surface area contributed by atoms with Gasteiger partial charge in [0, 0.05) is 17.0 Å². The van der Waals surface area contributed by atoms with Gasteiger partial charge >= 0.3 is 0 Å². The monoisotopic (exact) mass is 263 g/mol. The zero-order chi connectivity index (χ0) is 8.10. The van der Waals surface area contributed by atoms with E-state index in [2.05, 4.69) is 58.8 Å². The molecule has 0 aromatic carbocycles. The zero-order valence-electron chi connectivity index (χ0n) is 6.83. The van der Waals surface area contributed by atoms with E-state index >= 15 is 0 Å². The predicted octanol–water partition coefficient (Wildman–Crippen LogP) is 2.24. The third kappa shape index (κ3) is 3.91. The topological polar surface area (TPSA) is 3.24 Å². The number of hydrogen-bond acceptors (Lipinski definition) is 1. The number of hydrogen-bond donors (Lipinski definition) is 0. The summed E-state index contributed by atoms with van der Waals surface area (Å²) in [4.78, 5) is 2.37. The zero-order valence-corrected chi connectivity index (χ0v) is 8.99. The molecule has 0 bridgehead atoms. The summed E-state index contributed by atoms with van der Waals surface area (Å²) in [5, 5.41) is 0. The molecule has 0 saturated heterocycles. The maximum Gasteiger partial charge on any atom is 0.0419 e. The van der Waals surface area contributed by atoms with Crippen LogP contribution in [0.25, 0.3) is 0 Å². The van der Waals surface area contributed by atoms with E-state index in [0.29, 0.717) is 3.92 Å². The molecule has 0 fully saturated rings. The standard InChI is InChI=1S/C9H14IN/c1-11-7-5-3-2-4-6-9(10)8-11/h2-4,6,9H,5,7-8H2,1H3/b3-2-,6-4-. The van der Waals surface area contributed by atoms with E-state index in [4.69, 9.17) is 0 Å². The molecule has 62 valence electrons. The van der Waals surface area contributed by atoms with Crippen LogP contribution in [0.2, 0.25) is 0 Å². The van der Waals surface area contributed by atoms with Crippen molar-refractivity contribution < 1.29 is 0 Å². The summed E-state index contributed by atoms with van der Waals surface area (Å²) in [6.07, 6.45) is 9.94. The first-order valence-electron chi connectivity index (χ1n) is 3.95.